The monoisotopic (exact) mass is 492 g/mol. The molecule has 2 aromatic heterocycles. The lowest BCUT2D eigenvalue weighted by Gasteiger charge is -2.23. The molecule has 0 bridgehead atoms. The number of rotatable bonds is 9. The summed E-state index contributed by atoms with van der Waals surface area (Å²) in [5.74, 6) is 0.471. The zero-order valence-electron chi connectivity index (χ0n) is 19.2. The maximum Gasteiger partial charge on any atom is 0.255 e. The van der Waals surface area contributed by atoms with Crippen molar-refractivity contribution in [3.05, 3.63) is 100 Å². The van der Waals surface area contributed by atoms with Crippen LogP contribution in [0.5, 0.6) is 0 Å². The van der Waals surface area contributed by atoms with Gasteiger partial charge >= 0.3 is 0 Å². The van der Waals surface area contributed by atoms with E-state index in [1.807, 2.05) is 60.7 Å². The Morgan fingerprint density at radius 3 is 2.22 bits per heavy atom. The van der Waals surface area contributed by atoms with Gasteiger partial charge in [-0.1, -0.05) is 75.5 Å². The van der Waals surface area contributed by atoms with Gasteiger partial charge in [-0.3, -0.25) is 18.6 Å². The maximum atomic E-state index is 12.7. The van der Waals surface area contributed by atoms with Gasteiger partial charge in [-0.15, -0.1) is 10.2 Å². The minimum atomic E-state index is -1.09. The topological polar surface area (TPSA) is 117 Å². The van der Waals surface area contributed by atoms with E-state index in [0.717, 1.165) is 11.1 Å². The lowest BCUT2D eigenvalue weighted by molar-refractivity contribution is -0.126. The molecule has 2 heterocycles. The van der Waals surface area contributed by atoms with Crippen molar-refractivity contribution in [2.75, 3.05) is 6.61 Å². The second-order valence-electron chi connectivity index (χ2n) is 8.70. The molecule has 2 aromatic carbocycles. The molecule has 0 spiro atoms. The molecule has 0 fully saturated rings. The molecule has 0 saturated heterocycles. The lowest BCUT2D eigenvalue weighted by Crippen LogP contribution is -2.51. The highest BCUT2D eigenvalue weighted by Crippen LogP contribution is 2.16. The summed E-state index contributed by atoms with van der Waals surface area (Å²) in [6.45, 7) is 4.12. The molecule has 9 nitrogen and oxygen atoms in total. The van der Waals surface area contributed by atoms with Crippen LogP contribution in [-0.2, 0) is 22.7 Å². The Hall–Kier alpha value is -3.82. The van der Waals surface area contributed by atoms with E-state index in [9.17, 15) is 9.59 Å². The number of carbonyl (C=O) groups is 1. The molecule has 9 heteroatoms. The van der Waals surface area contributed by atoms with E-state index in [2.05, 4.69) is 15.5 Å². The highest BCUT2D eigenvalue weighted by Gasteiger charge is 2.28. The molecule has 3 N–H and O–H groups in total. The van der Waals surface area contributed by atoms with Gasteiger partial charge in [0.1, 0.15) is 6.04 Å². The highest BCUT2D eigenvalue weighted by atomic mass is 16.5. The summed E-state index contributed by atoms with van der Waals surface area (Å²) < 4.78 is 9.16. The van der Waals surface area contributed by atoms with E-state index in [1.54, 1.807) is 29.0 Å². The zero-order chi connectivity index (χ0) is 24.1. The third kappa shape index (κ3) is 6.65. The number of carbonyl (C=O) groups excluding carboxylic acids is 1. The number of nitrogens with two attached hydrogens (primary N) is 1. The van der Waals surface area contributed by atoms with Crippen molar-refractivity contribution in [3.63, 3.8) is 0 Å². The number of aromatic nitrogens is 4. The predicted molar refractivity (Wildman–Crippen MR) is 142 cm³/mol. The molecule has 0 aliphatic rings. The molecule has 4 rings (SSSR count). The molecule has 192 valence electrons. The van der Waals surface area contributed by atoms with Crippen molar-refractivity contribution in [1.82, 2.24) is 24.5 Å². The summed E-state index contributed by atoms with van der Waals surface area (Å²) in [5.41, 5.74) is 6.69. The standard InChI is InChI=1S/C25H28N6O3.2CH4/c1-25(2,26)23(33)27-20(17-34-16-19-11-7-4-8-12-19)22-28-29-24-30(22)14-13-21(32)31(24)15-18-9-5-3-6-10-18;;/h3-14,20H,15-17,26H2,1-2H3,(H,27,33);2*1H4/t20-;;/m1../s1. The Kier molecular flexibility index (Phi) is 9.66. The van der Waals surface area contributed by atoms with Gasteiger partial charge in [0.25, 0.3) is 5.56 Å². The average molecular weight is 493 g/mol. The molecule has 1 amide bonds. The van der Waals surface area contributed by atoms with Gasteiger partial charge in [-0.25, -0.2) is 0 Å². The largest absolute Gasteiger partial charge is 0.374 e. The molecular formula is C27H36N6O3. The lowest BCUT2D eigenvalue weighted by atomic mass is 10.1. The summed E-state index contributed by atoms with van der Waals surface area (Å²) in [5, 5.41) is 11.5. The Morgan fingerprint density at radius 1 is 1.00 bits per heavy atom. The smallest absolute Gasteiger partial charge is 0.255 e. The second kappa shape index (κ2) is 12.2. The van der Waals surface area contributed by atoms with E-state index in [-0.39, 0.29) is 32.9 Å². The van der Waals surface area contributed by atoms with Crippen LogP contribution >= 0.6 is 0 Å². The first kappa shape index (κ1) is 28.4. The molecule has 4 aromatic rings. The second-order valence-corrected chi connectivity index (χ2v) is 8.70. The summed E-state index contributed by atoms with van der Waals surface area (Å²) >= 11 is 0. The van der Waals surface area contributed by atoms with Gasteiger partial charge in [-0.2, -0.15) is 0 Å². The Morgan fingerprint density at radius 2 is 1.61 bits per heavy atom. The SMILES string of the molecule is C.C.CC(C)(N)C(=O)N[C@H](COCc1ccccc1)c1nnc2n(Cc3ccccc3)c(=O)ccn12. The normalized spacial score (nSPS) is 11.9. The van der Waals surface area contributed by atoms with Gasteiger partial charge in [-0.05, 0) is 25.0 Å². The van der Waals surface area contributed by atoms with Crippen LogP contribution in [0.1, 0.15) is 51.7 Å². The molecule has 0 radical (unpaired) electrons. The van der Waals surface area contributed by atoms with Crippen LogP contribution in [0.25, 0.3) is 5.78 Å². The van der Waals surface area contributed by atoms with Crippen LogP contribution in [0, 0.1) is 0 Å². The van der Waals surface area contributed by atoms with Crippen LogP contribution in [0.4, 0.5) is 0 Å². The first-order valence-corrected chi connectivity index (χ1v) is 11.0. The van der Waals surface area contributed by atoms with Gasteiger partial charge in [0.2, 0.25) is 11.7 Å². The summed E-state index contributed by atoms with van der Waals surface area (Å²) in [7, 11) is 0. The van der Waals surface area contributed by atoms with Crippen LogP contribution < -0.4 is 16.6 Å². The first-order chi connectivity index (χ1) is 16.3. The average Bonchev–Trinajstić information content (AvgIpc) is 3.25. The van der Waals surface area contributed by atoms with Crippen molar-refractivity contribution >= 4 is 11.7 Å². The molecule has 36 heavy (non-hydrogen) atoms. The fourth-order valence-electron chi connectivity index (χ4n) is 3.49. The van der Waals surface area contributed by atoms with E-state index in [4.69, 9.17) is 10.5 Å². The molecule has 0 aliphatic heterocycles. The number of amides is 1. The molecule has 0 aliphatic carbocycles. The number of nitrogens with zero attached hydrogens (tertiary/aromatic N) is 4. The molecule has 0 unspecified atom stereocenters. The van der Waals surface area contributed by atoms with Gasteiger partial charge in [0.05, 0.1) is 25.3 Å². The number of hydrogen-bond acceptors (Lipinski definition) is 6. The van der Waals surface area contributed by atoms with Gasteiger partial charge in [0.15, 0.2) is 5.82 Å². The quantitative estimate of drug-likeness (QED) is 0.370. The fraction of sp³-hybridized carbons (Fsp3) is 0.333. The first-order valence-electron chi connectivity index (χ1n) is 11.0. The van der Waals surface area contributed by atoms with Crippen molar-refractivity contribution in [3.8, 4) is 0 Å². The number of fused-ring (bicyclic) bond motifs is 1. The van der Waals surface area contributed by atoms with Crippen molar-refractivity contribution in [1.29, 1.82) is 0 Å². The van der Waals surface area contributed by atoms with Crippen LogP contribution in [0.2, 0.25) is 0 Å². The molecule has 0 saturated carbocycles. The van der Waals surface area contributed by atoms with Crippen molar-refractivity contribution in [2.45, 2.75) is 53.4 Å². The highest BCUT2D eigenvalue weighted by molar-refractivity contribution is 5.85. The van der Waals surface area contributed by atoms with Crippen molar-refractivity contribution < 1.29 is 9.53 Å². The molecule has 1 atom stereocenters. The zero-order valence-corrected chi connectivity index (χ0v) is 19.2. The Bertz CT molecular complexity index is 1310. The fourth-order valence-corrected chi connectivity index (χ4v) is 3.49. The number of nitrogens with one attached hydrogen (secondary N) is 1. The van der Waals surface area contributed by atoms with Crippen molar-refractivity contribution in [2.24, 2.45) is 5.73 Å². The minimum Gasteiger partial charge on any atom is -0.374 e. The Balaban J connectivity index is 0.00000228. The van der Waals surface area contributed by atoms with E-state index in [0.29, 0.717) is 24.8 Å². The number of benzene rings is 2. The molecular weight excluding hydrogens is 456 g/mol. The van der Waals surface area contributed by atoms with E-state index in [1.165, 1.54) is 6.07 Å². The van der Waals surface area contributed by atoms with Gasteiger partial charge < -0.3 is 15.8 Å². The van der Waals surface area contributed by atoms with E-state index >= 15 is 0 Å². The maximum absolute atomic E-state index is 12.7. The Labute approximate surface area is 211 Å². The summed E-state index contributed by atoms with van der Waals surface area (Å²) in [6.07, 6.45) is 1.61. The predicted octanol–water partition coefficient (Wildman–Crippen LogP) is 3.32. The number of hydrogen-bond donors (Lipinski definition) is 2. The number of ether oxygens (including phenoxy) is 1. The van der Waals surface area contributed by atoms with Crippen LogP contribution in [0.3, 0.4) is 0 Å². The minimum absolute atomic E-state index is 0. The third-order valence-corrected chi connectivity index (χ3v) is 5.36. The van der Waals surface area contributed by atoms with Crippen LogP contribution in [-0.4, -0.2) is 37.2 Å². The third-order valence-electron chi connectivity index (χ3n) is 5.36. The van der Waals surface area contributed by atoms with E-state index < -0.39 is 11.6 Å². The summed E-state index contributed by atoms with van der Waals surface area (Å²) in [4.78, 5) is 25.3. The van der Waals surface area contributed by atoms with Crippen LogP contribution in [0.15, 0.2) is 77.7 Å². The summed E-state index contributed by atoms with van der Waals surface area (Å²) in [6, 6.07) is 20.2. The van der Waals surface area contributed by atoms with Gasteiger partial charge in [0, 0.05) is 12.3 Å².